The number of ether oxygens (including phenoxy) is 1. The molecule has 0 amide bonds. The van der Waals surface area contributed by atoms with Gasteiger partial charge in [-0.2, -0.15) is 0 Å². The SMILES string of the molecule is CC(=O)c1ccc(Oc2ccc(Br)cc2Br)cc1[N+](=O)[O-]. The molecule has 21 heavy (non-hydrogen) atoms. The molecule has 0 fully saturated rings. The molecule has 0 saturated heterocycles. The van der Waals surface area contributed by atoms with Gasteiger partial charge in [0, 0.05) is 4.47 Å². The molecule has 7 heteroatoms. The maximum Gasteiger partial charge on any atom is 0.283 e. The van der Waals surface area contributed by atoms with Crippen molar-refractivity contribution < 1.29 is 14.5 Å². The van der Waals surface area contributed by atoms with Gasteiger partial charge < -0.3 is 4.74 Å². The van der Waals surface area contributed by atoms with Crippen molar-refractivity contribution in [2.75, 3.05) is 0 Å². The smallest absolute Gasteiger partial charge is 0.283 e. The van der Waals surface area contributed by atoms with E-state index in [1.807, 2.05) is 0 Å². The summed E-state index contributed by atoms with van der Waals surface area (Å²) in [6, 6.07) is 9.47. The molecule has 0 aliphatic heterocycles. The number of nitro groups is 1. The second kappa shape index (κ2) is 6.36. The van der Waals surface area contributed by atoms with Crippen LogP contribution in [0.15, 0.2) is 45.3 Å². The van der Waals surface area contributed by atoms with Crippen LogP contribution in [0.5, 0.6) is 11.5 Å². The predicted octanol–water partition coefficient (Wildman–Crippen LogP) is 5.11. The zero-order chi connectivity index (χ0) is 15.6. The molecule has 0 radical (unpaired) electrons. The zero-order valence-corrected chi connectivity index (χ0v) is 14.0. The highest BCUT2D eigenvalue weighted by Crippen LogP contribution is 2.34. The van der Waals surface area contributed by atoms with Gasteiger partial charge in [0.15, 0.2) is 5.78 Å². The second-order valence-corrected chi connectivity index (χ2v) is 5.94. The Balaban J connectivity index is 2.39. The highest BCUT2D eigenvalue weighted by atomic mass is 79.9. The minimum atomic E-state index is -0.597. The van der Waals surface area contributed by atoms with Gasteiger partial charge in [-0.05, 0) is 53.2 Å². The molecule has 5 nitrogen and oxygen atoms in total. The van der Waals surface area contributed by atoms with Crippen LogP contribution in [0.4, 0.5) is 5.69 Å². The molecule has 0 heterocycles. The molecular weight excluding hydrogens is 406 g/mol. The zero-order valence-electron chi connectivity index (χ0n) is 10.8. The van der Waals surface area contributed by atoms with E-state index < -0.39 is 4.92 Å². The van der Waals surface area contributed by atoms with Gasteiger partial charge >= 0.3 is 0 Å². The van der Waals surface area contributed by atoms with Gasteiger partial charge in [0.2, 0.25) is 0 Å². The largest absolute Gasteiger partial charge is 0.456 e. The Bertz CT molecular complexity index is 731. The predicted molar refractivity (Wildman–Crippen MR) is 85.0 cm³/mol. The lowest BCUT2D eigenvalue weighted by Gasteiger charge is -2.09. The number of carbonyl (C=O) groups is 1. The molecular formula is C14H9Br2NO4. The number of rotatable bonds is 4. The van der Waals surface area contributed by atoms with Crippen molar-refractivity contribution in [2.24, 2.45) is 0 Å². The van der Waals surface area contributed by atoms with Crippen molar-refractivity contribution in [3.05, 3.63) is 61.0 Å². The van der Waals surface area contributed by atoms with E-state index in [9.17, 15) is 14.9 Å². The van der Waals surface area contributed by atoms with Crippen LogP contribution in [0.2, 0.25) is 0 Å². The molecule has 0 bridgehead atoms. The number of benzene rings is 2. The minimum absolute atomic E-state index is 0.0576. The van der Waals surface area contributed by atoms with E-state index in [-0.39, 0.29) is 22.8 Å². The van der Waals surface area contributed by atoms with Crippen molar-refractivity contribution in [2.45, 2.75) is 6.92 Å². The number of nitrogens with zero attached hydrogens (tertiary/aromatic N) is 1. The summed E-state index contributed by atoms with van der Waals surface area (Å²) in [5.74, 6) is 0.441. The molecule has 0 saturated carbocycles. The molecule has 0 aliphatic carbocycles. The van der Waals surface area contributed by atoms with Crippen LogP contribution in [0.25, 0.3) is 0 Å². The first kappa shape index (κ1) is 15.7. The first-order valence-corrected chi connectivity index (χ1v) is 7.39. The first-order valence-electron chi connectivity index (χ1n) is 5.81. The van der Waals surface area contributed by atoms with Crippen molar-refractivity contribution in [3.63, 3.8) is 0 Å². The van der Waals surface area contributed by atoms with Crippen LogP contribution in [0, 0.1) is 10.1 Å². The number of halogens is 2. The Hall–Kier alpha value is -1.73. The second-order valence-electron chi connectivity index (χ2n) is 4.17. The van der Waals surface area contributed by atoms with Crippen LogP contribution < -0.4 is 4.74 Å². The van der Waals surface area contributed by atoms with Crippen molar-refractivity contribution >= 4 is 43.3 Å². The van der Waals surface area contributed by atoms with E-state index in [0.717, 1.165) is 4.47 Å². The van der Waals surface area contributed by atoms with Crippen molar-refractivity contribution in [3.8, 4) is 11.5 Å². The summed E-state index contributed by atoms with van der Waals surface area (Å²) in [5.41, 5.74) is -0.213. The van der Waals surface area contributed by atoms with Gasteiger partial charge in [-0.1, -0.05) is 15.9 Å². The van der Waals surface area contributed by atoms with Crippen LogP contribution in [0.1, 0.15) is 17.3 Å². The van der Waals surface area contributed by atoms with Crippen molar-refractivity contribution in [1.82, 2.24) is 0 Å². The number of hydrogen-bond acceptors (Lipinski definition) is 4. The molecule has 2 aromatic carbocycles. The topological polar surface area (TPSA) is 69.4 Å². The lowest BCUT2D eigenvalue weighted by Crippen LogP contribution is -2.00. The van der Waals surface area contributed by atoms with E-state index >= 15 is 0 Å². The third-order valence-corrected chi connectivity index (χ3v) is 3.78. The highest BCUT2D eigenvalue weighted by Gasteiger charge is 2.18. The highest BCUT2D eigenvalue weighted by molar-refractivity contribution is 9.11. The van der Waals surface area contributed by atoms with Gasteiger partial charge in [0.1, 0.15) is 11.5 Å². The van der Waals surface area contributed by atoms with Crippen LogP contribution in [0.3, 0.4) is 0 Å². The molecule has 0 aromatic heterocycles. The number of nitro benzene ring substituents is 1. The van der Waals surface area contributed by atoms with Crippen LogP contribution >= 0.6 is 31.9 Å². The standard InChI is InChI=1S/C14H9Br2NO4/c1-8(18)11-4-3-10(7-13(11)17(19)20)21-14-5-2-9(15)6-12(14)16/h2-7H,1H3. The normalized spacial score (nSPS) is 10.2. The Morgan fingerprint density at radius 2 is 1.90 bits per heavy atom. The maximum atomic E-state index is 11.4. The Morgan fingerprint density at radius 1 is 1.19 bits per heavy atom. The average molecular weight is 415 g/mol. The maximum absolute atomic E-state index is 11.4. The number of ketones is 1. The summed E-state index contributed by atoms with van der Waals surface area (Å²) in [7, 11) is 0. The van der Waals surface area contributed by atoms with Gasteiger partial charge in [-0.3, -0.25) is 14.9 Å². The molecule has 0 unspecified atom stereocenters. The summed E-state index contributed by atoms with van der Waals surface area (Å²) in [4.78, 5) is 21.8. The summed E-state index contributed by atoms with van der Waals surface area (Å²) in [6.45, 7) is 1.29. The molecule has 2 aromatic rings. The Labute approximate surface area is 137 Å². The third kappa shape index (κ3) is 3.68. The fraction of sp³-hybridized carbons (Fsp3) is 0.0714. The molecule has 0 spiro atoms. The number of Topliss-reactive ketones (excluding diaryl/α,β-unsaturated/α-hetero) is 1. The number of carbonyl (C=O) groups excluding carboxylic acids is 1. The van der Waals surface area contributed by atoms with E-state index in [4.69, 9.17) is 4.74 Å². The van der Waals surface area contributed by atoms with Gasteiger partial charge in [-0.15, -0.1) is 0 Å². The van der Waals surface area contributed by atoms with Gasteiger partial charge in [0.05, 0.1) is 21.0 Å². The molecule has 0 N–H and O–H groups in total. The summed E-state index contributed by atoms with van der Waals surface area (Å²) >= 11 is 6.67. The lowest BCUT2D eigenvalue weighted by atomic mass is 10.1. The van der Waals surface area contributed by atoms with Crippen LogP contribution in [-0.2, 0) is 0 Å². The minimum Gasteiger partial charge on any atom is -0.456 e. The fourth-order valence-electron chi connectivity index (χ4n) is 1.71. The summed E-state index contributed by atoms with van der Waals surface area (Å²) in [5, 5.41) is 11.0. The summed E-state index contributed by atoms with van der Waals surface area (Å²) in [6.07, 6.45) is 0. The number of hydrogen-bond donors (Lipinski definition) is 0. The average Bonchev–Trinajstić information content (AvgIpc) is 2.41. The van der Waals surface area contributed by atoms with E-state index in [2.05, 4.69) is 31.9 Å². The quantitative estimate of drug-likeness (QED) is 0.395. The molecule has 0 aliphatic rings. The molecule has 0 atom stereocenters. The van der Waals surface area contributed by atoms with Gasteiger partial charge in [-0.25, -0.2) is 0 Å². The fourth-order valence-corrected chi connectivity index (χ4v) is 2.84. The van der Waals surface area contributed by atoms with E-state index in [1.54, 1.807) is 18.2 Å². The molecule has 2 rings (SSSR count). The Kier molecular flexibility index (Phi) is 4.74. The van der Waals surface area contributed by atoms with E-state index in [0.29, 0.717) is 10.2 Å². The lowest BCUT2D eigenvalue weighted by molar-refractivity contribution is -0.385. The van der Waals surface area contributed by atoms with Crippen molar-refractivity contribution in [1.29, 1.82) is 0 Å². The van der Waals surface area contributed by atoms with Crippen LogP contribution in [-0.4, -0.2) is 10.7 Å². The van der Waals surface area contributed by atoms with E-state index in [1.165, 1.54) is 25.1 Å². The van der Waals surface area contributed by atoms with Gasteiger partial charge in [0.25, 0.3) is 5.69 Å². The monoisotopic (exact) mass is 413 g/mol. The first-order chi connectivity index (χ1) is 9.88. The molecule has 108 valence electrons. The third-order valence-electron chi connectivity index (χ3n) is 2.67. The Morgan fingerprint density at radius 3 is 2.48 bits per heavy atom. The summed E-state index contributed by atoms with van der Waals surface area (Å²) < 4.78 is 7.18.